The fraction of sp³-hybridized carbons (Fsp3) is 0.100. The Morgan fingerprint density at radius 2 is 2.12 bits per heavy atom. The highest BCUT2D eigenvalue weighted by Crippen LogP contribution is 2.32. The molecule has 0 saturated heterocycles. The summed E-state index contributed by atoms with van der Waals surface area (Å²) in [5, 5.41) is 0.910. The maximum Gasteiger partial charge on any atom is 0.258 e. The lowest BCUT2D eigenvalue weighted by Crippen LogP contribution is -2.07. The topological polar surface area (TPSA) is 83.6 Å². The molecular weight excluding hydrogens is 245 g/mol. The second-order valence-corrected chi connectivity index (χ2v) is 5.52. The van der Waals surface area contributed by atoms with E-state index >= 15 is 0 Å². The van der Waals surface area contributed by atoms with Gasteiger partial charge in [0.2, 0.25) is 0 Å². The Hall–Kier alpha value is -1.00. The van der Waals surface area contributed by atoms with Crippen molar-refractivity contribution in [2.24, 2.45) is 5.73 Å². The molecule has 1 amide bonds. The average Bonchev–Trinajstić information content (AvgIpc) is 2.59. The number of amides is 1. The third-order valence-electron chi connectivity index (χ3n) is 2.15. The summed E-state index contributed by atoms with van der Waals surface area (Å²) in [6.45, 7) is 0. The minimum atomic E-state index is -1.93. The van der Waals surface area contributed by atoms with Gasteiger partial charge in [-0.15, -0.1) is 11.3 Å². The molecule has 1 heterocycles. The number of fused-ring (bicyclic) bond motifs is 1. The molecule has 2 aromatic rings. The Morgan fingerprint density at radius 1 is 1.38 bits per heavy atom. The summed E-state index contributed by atoms with van der Waals surface area (Å²) >= 11 is 1.34. The summed E-state index contributed by atoms with van der Waals surface area (Å²) < 4.78 is 0.970. The molecule has 0 bridgehead atoms. The van der Waals surface area contributed by atoms with Gasteiger partial charge in [0, 0.05) is 10.9 Å². The van der Waals surface area contributed by atoms with Crippen molar-refractivity contribution in [1.29, 1.82) is 0 Å². The number of hydrogen-bond donors (Lipinski definition) is 3. The zero-order chi connectivity index (χ0) is 11.7. The monoisotopic (exact) mass is 255 g/mol. The molecule has 4 nitrogen and oxygen atoms in total. The van der Waals surface area contributed by atoms with E-state index in [4.69, 9.17) is 15.5 Å². The first kappa shape index (κ1) is 11.5. The quantitative estimate of drug-likeness (QED) is 0.731. The van der Waals surface area contributed by atoms with E-state index in [0.717, 1.165) is 15.6 Å². The maximum atomic E-state index is 11.0. The average molecular weight is 255 g/mol. The molecule has 0 saturated carbocycles. The van der Waals surface area contributed by atoms with E-state index in [9.17, 15) is 4.79 Å². The summed E-state index contributed by atoms with van der Waals surface area (Å²) in [5.74, 6) is -0.436. The standard InChI is InChI=1S/C10H10NO3PS/c11-10(12)9-4-7-3-6(5-15(13)14)1-2-8(7)16-9/h1-4,13-14H,5H2,(H2,11,12). The molecule has 16 heavy (non-hydrogen) atoms. The molecule has 4 N–H and O–H groups in total. The van der Waals surface area contributed by atoms with Crippen LogP contribution in [0.2, 0.25) is 0 Å². The molecule has 0 fully saturated rings. The SMILES string of the molecule is NC(=O)c1cc2cc(CP(O)O)ccc2s1. The van der Waals surface area contributed by atoms with Crippen molar-refractivity contribution < 1.29 is 14.6 Å². The summed E-state index contributed by atoms with van der Waals surface area (Å²) in [6, 6.07) is 7.26. The van der Waals surface area contributed by atoms with Crippen LogP contribution in [-0.4, -0.2) is 15.7 Å². The first-order valence-corrected chi connectivity index (χ1v) is 6.79. The number of nitrogens with two attached hydrogens (primary N) is 1. The number of carbonyl (C=O) groups excluding carboxylic acids is 1. The molecule has 0 spiro atoms. The third kappa shape index (κ3) is 2.39. The molecule has 2 rings (SSSR count). The number of carbonyl (C=O) groups is 1. The third-order valence-corrected chi connectivity index (χ3v) is 3.93. The van der Waals surface area contributed by atoms with Crippen molar-refractivity contribution in [2.75, 3.05) is 0 Å². The summed E-state index contributed by atoms with van der Waals surface area (Å²) in [4.78, 5) is 29.3. The summed E-state index contributed by atoms with van der Waals surface area (Å²) in [7, 11) is -1.93. The van der Waals surface area contributed by atoms with Gasteiger partial charge in [-0.05, 0) is 29.1 Å². The van der Waals surface area contributed by atoms with Gasteiger partial charge < -0.3 is 15.5 Å². The lowest BCUT2D eigenvalue weighted by Gasteiger charge is -2.01. The Morgan fingerprint density at radius 3 is 2.75 bits per heavy atom. The molecule has 1 aromatic heterocycles. The summed E-state index contributed by atoms with van der Waals surface area (Å²) in [6.07, 6.45) is 0.243. The van der Waals surface area contributed by atoms with Gasteiger partial charge in [0.25, 0.3) is 5.91 Å². The van der Waals surface area contributed by atoms with Crippen LogP contribution < -0.4 is 5.73 Å². The second kappa shape index (κ2) is 4.47. The zero-order valence-electron chi connectivity index (χ0n) is 8.25. The summed E-state index contributed by atoms with van der Waals surface area (Å²) in [5.41, 5.74) is 6.04. The van der Waals surface area contributed by atoms with E-state index in [1.807, 2.05) is 18.2 Å². The van der Waals surface area contributed by atoms with Crippen LogP contribution in [0.1, 0.15) is 15.2 Å². The molecule has 1 aromatic carbocycles. The minimum absolute atomic E-state index is 0.243. The Kier molecular flexibility index (Phi) is 3.21. The van der Waals surface area contributed by atoms with E-state index in [0.29, 0.717) is 4.88 Å². The van der Waals surface area contributed by atoms with Crippen LogP contribution in [0.15, 0.2) is 24.3 Å². The van der Waals surface area contributed by atoms with Crippen LogP contribution in [0, 0.1) is 0 Å². The first-order valence-electron chi connectivity index (χ1n) is 4.54. The van der Waals surface area contributed by atoms with Gasteiger partial charge in [-0.1, -0.05) is 6.07 Å². The van der Waals surface area contributed by atoms with Crippen molar-refractivity contribution in [1.82, 2.24) is 0 Å². The second-order valence-electron chi connectivity index (χ2n) is 3.38. The van der Waals surface area contributed by atoms with Crippen LogP contribution in [0.5, 0.6) is 0 Å². The lowest BCUT2D eigenvalue weighted by atomic mass is 10.2. The number of thiophene rings is 1. The van der Waals surface area contributed by atoms with E-state index in [1.54, 1.807) is 6.07 Å². The van der Waals surface area contributed by atoms with Crippen LogP contribution in [-0.2, 0) is 6.16 Å². The van der Waals surface area contributed by atoms with Crippen molar-refractivity contribution in [3.8, 4) is 0 Å². The van der Waals surface area contributed by atoms with E-state index < -0.39 is 14.3 Å². The van der Waals surface area contributed by atoms with Crippen molar-refractivity contribution >= 4 is 35.7 Å². The smallest absolute Gasteiger partial charge is 0.258 e. The van der Waals surface area contributed by atoms with Crippen LogP contribution in [0.3, 0.4) is 0 Å². The molecule has 0 aliphatic heterocycles. The lowest BCUT2D eigenvalue weighted by molar-refractivity contribution is 0.100. The predicted molar refractivity (Wildman–Crippen MR) is 65.4 cm³/mol. The van der Waals surface area contributed by atoms with Gasteiger partial charge in [0.1, 0.15) is 0 Å². The predicted octanol–water partition coefficient (Wildman–Crippen LogP) is 1.80. The van der Waals surface area contributed by atoms with E-state index in [1.165, 1.54) is 11.3 Å². The highest BCUT2D eigenvalue weighted by Gasteiger charge is 2.08. The van der Waals surface area contributed by atoms with Crippen LogP contribution >= 0.6 is 19.7 Å². The van der Waals surface area contributed by atoms with E-state index in [2.05, 4.69) is 0 Å². The Bertz CT molecular complexity index is 538. The molecule has 84 valence electrons. The Balaban J connectivity index is 2.41. The van der Waals surface area contributed by atoms with Gasteiger partial charge in [0.05, 0.1) is 4.88 Å². The molecular formula is C10H10NO3PS. The molecule has 6 heteroatoms. The largest absolute Gasteiger partial charge is 0.365 e. The van der Waals surface area contributed by atoms with Gasteiger partial charge in [-0.25, -0.2) is 0 Å². The number of primary amides is 1. The van der Waals surface area contributed by atoms with Gasteiger partial charge in [-0.3, -0.25) is 4.79 Å². The molecule has 0 unspecified atom stereocenters. The van der Waals surface area contributed by atoms with Crippen molar-refractivity contribution in [2.45, 2.75) is 6.16 Å². The number of benzene rings is 1. The Labute approximate surface area is 97.2 Å². The van der Waals surface area contributed by atoms with Gasteiger partial charge >= 0.3 is 0 Å². The fourth-order valence-corrected chi connectivity index (χ4v) is 2.89. The molecule has 0 radical (unpaired) electrons. The van der Waals surface area contributed by atoms with Gasteiger partial charge in [0.15, 0.2) is 8.38 Å². The molecule has 0 atom stereocenters. The molecule has 0 aliphatic carbocycles. The number of rotatable bonds is 3. The highest BCUT2D eigenvalue weighted by atomic mass is 32.1. The van der Waals surface area contributed by atoms with Crippen molar-refractivity contribution in [3.05, 3.63) is 34.7 Å². The zero-order valence-corrected chi connectivity index (χ0v) is 9.96. The maximum absolute atomic E-state index is 11.0. The number of hydrogen-bond acceptors (Lipinski definition) is 4. The van der Waals surface area contributed by atoms with Crippen LogP contribution in [0.4, 0.5) is 0 Å². The van der Waals surface area contributed by atoms with Gasteiger partial charge in [-0.2, -0.15) is 0 Å². The fourth-order valence-electron chi connectivity index (χ4n) is 1.48. The van der Waals surface area contributed by atoms with E-state index in [-0.39, 0.29) is 6.16 Å². The first-order chi connectivity index (χ1) is 7.56. The molecule has 0 aliphatic rings. The van der Waals surface area contributed by atoms with Crippen LogP contribution in [0.25, 0.3) is 10.1 Å². The highest BCUT2D eigenvalue weighted by molar-refractivity contribution is 7.44. The normalized spacial score (nSPS) is 11.2. The minimum Gasteiger partial charge on any atom is -0.365 e. The van der Waals surface area contributed by atoms with Crippen molar-refractivity contribution in [3.63, 3.8) is 0 Å².